The van der Waals surface area contributed by atoms with E-state index in [2.05, 4.69) is 9.97 Å². The van der Waals surface area contributed by atoms with Gasteiger partial charge in [-0.15, -0.1) is 0 Å². The molecule has 3 aliphatic heterocycles. The third-order valence-electron chi connectivity index (χ3n) is 7.83. The maximum atomic E-state index is 15.1. The number of nitrogens with zero attached hydrogens (tertiary/aromatic N) is 1. The topological polar surface area (TPSA) is 121 Å². The summed E-state index contributed by atoms with van der Waals surface area (Å²) in [7, 11) is 0. The van der Waals surface area contributed by atoms with Gasteiger partial charge in [-0.25, -0.2) is 9.37 Å². The predicted octanol–water partition coefficient (Wildman–Crippen LogP) is 3.79. The molecule has 2 aromatic heterocycles. The summed E-state index contributed by atoms with van der Waals surface area (Å²) in [5.41, 5.74) is 9.04. The quantitative estimate of drug-likeness (QED) is 0.320. The van der Waals surface area contributed by atoms with Crippen LogP contribution in [0.25, 0.3) is 33.4 Å². The van der Waals surface area contributed by atoms with E-state index in [9.17, 15) is 5.11 Å². The van der Waals surface area contributed by atoms with Crippen LogP contribution >= 0.6 is 0 Å². The van der Waals surface area contributed by atoms with E-state index in [1.165, 1.54) is 6.07 Å². The molecule has 0 aliphatic carbocycles. The first kappa shape index (κ1) is 25.4. The number of hydrogen-bond acceptors (Lipinski definition) is 8. The van der Waals surface area contributed by atoms with Gasteiger partial charge in [-0.1, -0.05) is 36.4 Å². The number of hydrogen-bond donors (Lipinski definition) is 3. The van der Waals surface area contributed by atoms with Crippen molar-refractivity contribution < 1.29 is 33.2 Å². The Morgan fingerprint density at radius 2 is 1.77 bits per heavy atom. The zero-order valence-corrected chi connectivity index (χ0v) is 21.7. The number of fused-ring (bicyclic) bond motifs is 2. The number of rotatable bonds is 7. The van der Waals surface area contributed by atoms with Crippen molar-refractivity contribution in [2.24, 2.45) is 5.73 Å². The second-order valence-electron chi connectivity index (χ2n) is 10.5. The van der Waals surface area contributed by atoms with Crippen LogP contribution in [0.1, 0.15) is 12.8 Å². The first-order valence-corrected chi connectivity index (χ1v) is 13.5. The lowest BCUT2D eigenvalue weighted by Gasteiger charge is -2.27. The molecule has 0 bridgehead atoms. The third kappa shape index (κ3) is 4.61. The molecular weight excluding hydrogens is 517 g/mol. The van der Waals surface area contributed by atoms with E-state index in [-0.39, 0.29) is 25.0 Å². The van der Waals surface area contributed by atoms with E-state index in [1.807, 2.05) is 48.5 Å². The molecule has 5 atom stereocenters. The second-order valence-corrected chi connectivity index (χ2v) is 10.5. The summed E-state index contributed by atoms with van der Waals surface area (Å²) in [6, 6.07) is 18.6. The Morgan fingerprint density at radius 3 is 2.52 bits per heavy atom. The van der Waals surface area contributed by atoms with E-state index < -0.39 is 29.9 Å². The van der Waals surface area contributed by atoms with Crippen LogP contribution in [-0.4, -0.2) is 71.6 Å². The highest BCUT2D eigenvalue weighted by molar-refractivity contribution is 5.81. The molecule has 0 saturated carbocycles. The number of aromatic nitrogens is 2. The molecule has 1 unspecified atom stereocenters. The molecule has 3 aliphatic rings. The van der Waals surface area contributed by atoms with Gasteiger partial charge in [0.05, 0.1) is 30.4 Å². The first-order chi connectivity index (χ1) is 19.5. The normalized spacial score (nSPS) is 27.8. The van der Waals surface area contributed by atoms with Gasteiger partial charge in [-0.05, 0) is 36.1 Å². The molecule has 7 rings (SSSR count). The van der Waals surface area contributed by atoms with E-state index in [0.717, 1.165) is 36.3 Å². The number of aliphatic hydroxyl groups excluding tert-OH is 1. The molecule has 5 heterocycles. The average molecular weight is 548 g/mol. The molecule has 3 fully saturated rings. The molecule has 0 radical (unpaired) electrons. The Morgan fingerprint density at radius 1 is 1.02 bits per heavy atom. The highest BCUT2D eigenvalue weighted by Crippen LogP contribution is 2.36. The first-order valence-electron chi connectivity index (χ1n) is 13.5. The molecule has 208 valence electrons. The summed E-state index contributed by atoms with van der Waals surface area (Å²) >= 11 is 0. The minimum Gasteiger partial charge on any atom is -0.491 e. The van der Waals surface area contributed by atoms with E-state index in [4.69, 9.17) is 29.4 Å². The van der Waals surface area contributed by atoms with Crippen molar-refractivity contribution in [3.63, 3.8) is 0 Å². The molecule has 0 spiro atoms. The van der Waals surface area contributed by atoms with Crippen molar-refractivity contribution in [2.75, 3.05) is 26.4 Å². The smallest absolute Gasteiger partial charge is 0.194 e. The average Bonchev–Trinajstić information content (AvgIpc) is 3.75. The van der Waals surface area contributed by atoms with Crippen LogP contribution in [0.15, 0.2) is 60.7 Å². The number of nitrogens with two attached hydrogens (primary N) is 1. The van der Waals surface area contributed by atoms with Crippen LogP contribution in [-0.2, 0) is 14.2 Å². The number of ether oxygens (including phenoxy) is 5. The van der Waals surface area contributed by atoms with Crippen LogP contribution in [0.2, 0.25) is 0 Å². The highest BCUT2D eigenvalue weighted by atomic mass is 19.1. The fourth-order valence-electron chi connectivity index (χ4n) is 5.62. The third-order valence-corrected chi connectivity index (χ3v) is 7.83. The molecule has 10 heteroatoms. The summed E-state index contributed by atoms with van der Waals surface area (Å²) < 4.78 is 43.8. The number of pyridine rings is 1. The van der Waals surface area contributed by atoms with Crippen molar-refractivity contribution in [3.8, 4) is 34.0 Å². The lowest BCUT2D eigenvalue weighted by atomic mass is 10.0. The van der Waals surface area contributed by atoms with Crippen LogP contribution in [0.5, 0.6) is 11.6 Å². The maximum absolute atomic E-state index is 15.1. The Labute approximate surface area is 230 Å². The summed E-state index contributed by atoms with van der Waals surface area (Å²) in [6.07, 6.45) is 0.205. The van der Waals surface area contributed by atoms with Crippen molar-refractivity contribution in [3.05, 3.63) is 66.5 Å². The Kier molecular flexibility index (Phi) is 6.44. The standard InChI is InChI=1S/C30H30FN3O6/c31-22-12-23-24(13-27(33-23)40-26-16-38-29-25(35)15-39-30(26,29)32)34-28(22)19-5-3-17(4-6-19)18-7-9-20(10-8-18)37-14-21-2-1-11-36-21/h3-10,12-13,21,25-26,29,33,35H,1-2,11,14-16,32H2/t21?,25-,26-,29-,30-/m1/s1. The monoisotopic (exact) mass is 547 g/mol. The Bertz CT molecular complexity index is 1500. The largest absolute Gasteiger partial charge is 0.491 e. The van der Waals surface area contributed by atoms with Crippen LogP contribution in [0.3, 0.4) is 0 Å². The van der Waals surface area contributed by atoms with E-state index >= 15 is 4.39 Å². The van der Waals surface area contributed by atoms with E-state index in [0.29, 0.717) is 29.1 Å². The molecule has 3 saturated heterocycles. The van der Waals surface area contributed by atoms with Crippen molar-refractivity contribution in [1.82, 2.24) is 9.97 Å². The van der Waals surface area contributed by atoms with Crippen molar-refractivity contribution in [1.29, 1.82) is 0 Å². The lowest BCUT2D eigenvalue weighted by Crippen LogP contribution is -2.57. The maximum Gasteiger partial charge on any atom is 0.194 e. The number of halogens is 1. The summed E-state index contributed by atoms with van der Waals surface area (Å²) in [4.78, 5) is 7.60. The van der Waals surface area contributed by atoms with Crippen molar-refractivity contribution >= 4 is 11.0 Å². The molecule has 4 aromatic rings. The molecule has 9 nitrogen and oxygen atoms in total. The fourth-order valence-corrected chi connectivity index (χ4v) is 5.62. The van der Waals surface area contributed by atoms with Gasteiger partial charge < -0.3 is 33.8 Å². The zero-order valence-electron chi connectivity index (χ0n) is 21.7. The molecule has 2 aromatic carbocycles. The Hall–Kier alpha value is -3.54. The van der Waals surface area contributed by atoms with Gasteiger partial charge in [-0.3, -0.25) is 5.73 Å². The number of benzene rings is 2. The predicted molar refractivity (Wildman–Crippen MR) is 144 cm³/mol. The minimum absolute atomic E-state index is 0.0819. The highest BCUT2D eigenvalue weighted by Gasteiger charge is 2.59. The van der Waals surface area contributed by atoms with Gasteiger partial charge in [0, 0.05) is 24.3 Å². The SMILES string of the molecule is N[C@]12OC[C@@H](O)[C@H]1OC[C@H]2Oc1cc2nc(-c3ccc(-c4ccc(OCC5CCCO5)cc4)cc3)c(F)cc2[nH]1. The number of H-pyrrole nitrogens is 1. The van der Waals surface area contributed by atoms with Gasteiger partial charge in [0.2, 0.25) is 0 Å². The summed E-state index contributed by atoms with van der Waals surface area (Å²) in [6.45, 7) is 1.62. The number of nitrogens with one attached hydrogen (secondary N) is 1. The van der Waals surface area contributed by atoms with Gasteiger partial charge in [0.25, 0.3) is 0 Å². The van der Waals surface area contributed by atoms with Gasteiger partial charge in [0.1, 0.15) is 30.3 Å². The lowest BCUT2D eigenvalue weighted by molar-refractivity contribution is -0.0637. The van der Waals surface area contributed by atoms with Crippen LogP contribution < -0.4 is 15.2 Å². The molecule has 0 amide bonds. The fraction of sp³-hybridized carbons (Fsp3) is 0.367. The zero-order chi connectivity index (χ0) is 27.3. The summed E-state index contributed by atoms with van der Waals surface area (Å²) in [5, 5.41) is 10.0. The number of aromatic amines is 1. The van der Waals surface area contributed by atoms with Gasteiger partial charge in [-0.2, -0.15) is 0 Å². The molecular formula is C30H30FN3O6. The second kappa shape index (κ2) is 10.1. The van der Waals surface area contributed by atoms with Crippen molar-refractivity contribution in [2.45, 2.75) is 43.0 Å². The molecule has 40 heavy (non-hydrogen) atoms. The van der Waals surface area contributed by atoms with Gasteiger partial charge >= 0.3 is 0 Å². The minimum atomic E-state index is -1.25. The molecule has 4 N–H and O–H groups in total. The number of aliphatic hydroxyl groups is 1. The van der Waals surface area contributed by atoms with Gasteiger partial charge in [0.15, 0.2) is 23.5 Å². The van der Waals surface area contributed by atoms with Crippen LogP contribution in [0, 0.1) is 5.82 Å². The summed E-state index contributed by atoms with van der Waals surface area (Å²) in [5.74, 6) is 0.713. The van der Waals surface area contributed by atoms with Crippen LogP contribution in [0.4, 0.5) is 4.39 Å². The Balaban J connectivity index is 1.06. The van der Waals surface area contributed by atoms with E-state index in [1.54, 1.807) is 6.07 Å².